The zero-order valence-electron chi connectivity index (χ0n) is 14.3. The number of esters is 1. The van der Waals surface area contributed by atoms with E-state index in [0.717, 1.165) is 0 Å². The second kappa shape index (κ2) is 8.78. The summed E-state index contributed by atoms with van der Waals surface area (Å²) in [7, 11) is 2.72. The Bertz CT molecular complexity index is 825. The molecule has 0 radical (unpaired) electrons. The zero-order valence-corrected chi connectivity index (χ0v) is 15.9. The third kappa shape index (κ3) is 4.80. The van der Waals surface area contributed by atoms with Gasteiger partial charge in [0, 0.05) is 5.02 Å². The quantitative estimate of drug-likeness (QED) is 0.739. The molecule has 0 fully saturated rings. The third-order valence-electron chi connectivity index (χ3n) is 3.46. The van der Waals surface area contributed by atoms with Gasteiger partial charge in [0.05, 0.1) is 30.5 Å². The molecule has 0 aliphatic carbocycles. The molecule has 0 saturated heterocycles. The molecule has 26 heavy (non-hydrogen) atoms. The lowest BCUT2D eigenvalue weighted by Crippen LogP contribution is -2.30. The van der Waals surface area contributed by atoms with Gasteiger partial charge in [-0.15, -0.1) is 0 Å². The fraction of sp³-hybridized carbons (Fsp3) is 0.222. The van der Waals surface area contributed by atoms with Crippen LogP contribution < -0.4 is 14.8 Å². The maximum atomic E-state index is 12.4. The van der Waals surface area contributed by atoms with Crippen LogP contribution in [-0.4, -0.2) is 32.2 Å². The summed E-state index contributed by atoms with van der Waals surface area (Å²) in [6.45, 7) is 1.56. The van der Waals surface area contributed by atoms with Crippen molar-refractivity contribution in [2.24, 2.45) is 0 Å². The average Bonchev–Trinajstić information content (AvgIpc) is 2.63. The lowest BCUT2D eigenvalue weighted by atomic mass is 10.1. The van der Waals surface area contributed by atoms with Crippen molar-refractivity contribution >= 4 is 40.8 Å². The number of halogens is 2. The van der Waals surface area contributed by atoms with E-state index in [-0.39, 0.29) is 16.3 Å². The molecule has 0 aliphatic heterocycles. The van der Waals surface area contributed by atoms with Gasteiger partial charge in [-0.05, 0) is 43.3 Å². The first-order valence-corrected chi connectivity index (χ1v) is 8.30. The molecule has 0 aromatic heterocycles. The van der Waals surface area contributed by atoms with E-state index >= 15 is 0 Å². The van der Waals surface area contributed by atoms with Crippen LogP contribution in [0.3, 0.4) is 0 Å². The number of methoxy groups -OCH3 is 2. The highest BCUT2D eigenvalue weighted by Gasteiger charge is 2.20. The molecule has 0 aliphatic rings. The van der Waals surface area contributed by atoms with Gasteiger partial charge in [-0.2, -0.15) is 0 Å². The van der Waals surface area contributed by atoms with E-state index in [0.29, 0.717) is 16.5 Å². The van der Waals surface area contributed by atoms with Crippen molar-refractivity contribution in [2.75, 3.05) is 19.5 Å². The molecule has 1 atom stereocenters. The number of ether oxygens (including phenoxy) is 3. The Morgan fingerprint density at radius 3 is 2.42 bits per heavy atom. The first kappa shape index (κ1) is 19.9. The summed E-state index contributed by atoms with van der Waals surface area (Å²) in [5.41, 5.74) is 0.442. The van der Waals surface area contributed by atoms with Crippen LogP contribution in [-0.2, 0) is 9.53 Å². The molecule has 1 amide bonds. The molecule has 8 heteroatoms. The lowest BCUT2D eigenvalue weighted by Gasteiger charge is -2.17. The summed E-state index contributed by atoms with van der Waals surface area (Å²) in [6, 6.07) is 9.33. The molecule has 2 aromatic carbocycles. The summed E-state index contributed by atoms with van der Waals surface area (Å²) < 4.78 is 15.4. The predicted molar refractivity (Wildman–Crippen MR) is 99.5 cm³/mol. The second-order valence-electron chi connectivity index (χ2n) is 5.23. The minimum absolute atomic E-state index is 0.164. The largest absolute Gasteiger partial charge is 0.497 e. The van der Waals surface area contributed by atoms with Crippen LogP contribution in [0.2, 0.25) is 10.0 Å². The summed E-state index contributed by atoms with van der Waals surface area (Å²) in [4.78, 5) is 24.4. The number of benzene rings is 2. The van der Waals surface area contributed by atoms with Crippen molar-refractivity contribution < 1.29 is 23.8 Å². The minimum atomic E-state index is -0.874. The smallest absolute Gasteiger partial charge is 0.340 e. The molecular formula is C18H17Cl2NO5. The zero-order chi connectivity index (χ0) is 19.3. The summed E-state index contributed by atoms with van der Waals surface area (Å²) in [6.07, 6.45) is -0.874. The van der Waals surface area contributed by atoms with E-state index < -0.39 is 18.0 Å². The standard InChI is InChI=1S/C18H17Cl2NO5/c1-10(26-16-7-4-11(19)8-14(16)20)17(22)21-15-6-5-12(24-2)9-13(15)18(23)25-3/h4-10H,1-3H3,(H,21,22). The molecule has 6 nitrogen and oxygen atoms in total. The molecule has 0 heterocycles. The molecule has 1 unspecified atom stereocenters. The molecule has 2 aromatic rings. The molecule has 0 saturated carbocycles. The number of anilines is 1. The Hall–Kier alpha value is -2.44. The Labute approximate surface area is 160 Å². The Morgan fingerprint density at radius 1 is 1.08 bits per heavy atom. The van der Waals surface area contributed by atoms with Gasteiger partial charge in [0.15, 0.2) is 6.10 Å². The second-order valence-corrected chi connectivity index (χ2v) is 6.07. The van der Waals surface area contributed by atoms with Crippen LogP contribution in [0, 0.1) is 0 Å². The lowest BCUT2D eigenvalue weighted by molar-refractivity contribution is -0.122. The summed E-state index contributed by atoms with van der Waals surface area (Å²) >= 11 is 11.9. The summed E-state index contributed by atoms with van der Waals surface area (Å²) in [5, 5.41) is 3.39. The highest BCUT2D eigenvalue weighted by atomic mass is 35.5. The normalized spacial score (nSPS) is 11.4. The fourth-order valence-electron chi connectivity index (χ4n) is 2.09. The van der Waals surface area contributed by atoms with E-state index in [2.05, 4.69) is 5.32 Å². The minimum Gasteiger partial charge on any atom is -0.497 e. The molecule has 0 spiro atoms. The van der Waals surface area contributed by atoms with Gasteiger partial charge in [0.2, 0.25) is 0 Å². The van der Waals surface area contributed by atoms with Gasteiger partial charge in [-0.25, -0.2) is 4.79 Å². The number of rotatable bonds is 6. The van der Waals surface area contributed by atoms with E-state index in [1.165, 1.54) is 26.4 Å². The number of carbonyl (C=O) groups is 2. The predicted octanol–water partition coefficient (Wildman–Crippen LogP) is 4.19. The van der Waals surface area contributed by atoms with Gasteiger partial charge < -0.3 is 19.5 Å². The van der Waals surface area contributed by atoms with Gasteiger partial charge in [0.25, 0.3) is 5.91 Å². The van der Waals surface area contributed by atoms with Gasteiger partial charge in [-0.1, -0.05) is 23.2 Å². The van der Waals surface area contributed by atoms with Gasteiger partial charge in [0.1, 0.15) is 11.5 Å². The maximum Gasteiger partial charge on any atom is 0.340 e. The Morgan fingerprint density at radius 2 is 1.81 bits per heavy atom. The highest BCUT2D eigenvalue weighted by molar-refractivity contribution is 6.35. The van der Waals surface area contributed by atoms with Crippen molar-refractivity contribution in [1.29, 1.82) is 0 Å². The van der Waals surface area contributed by atoms with E-state index in [9.17, 15) is 9.59 Å². The van der Waals surface area contributed by atoms with Crippen LogP contribution in [0.4, 0.5) is 5.69 Å². The van der Waals surface area contributed by atoms with Crippen LogP contribution in [0.15, 0.2) is 36.4 Å². The average molecular weight is 398 g/mol. The topological polar surface area (TPSA) is 73.9 Å². The van der Waals surface area contributed by atoms with Gasteiger partial charge >= 0.3 is 5.97 Å². The van der Waals surface area contributed by atoms with Crippen LogP contribution in [0.5, 0.6) is 11.5 Å². The van der Waals surface area contributed by atoms with Crippen molar-refractivity contribution in [3.63, 3.8) is 0 Å². The first-order valence-electron chi connectivity index (χ1n) is 7.54. The van der Waals surface area contributed by atoms with Crippen molar-refractivity contribution in [3.05, 3.63) is 52.0 Å². The maximum absolute atomic E-state index is 12.4. The SMILES string of the molecule is COC(=O)c1cc(OC)ccc1NC(=O)C(C)Oc1ccc(Cl)cc1Cl. The van der Waals surface area contributed by atoms with E-state index in [4.69, 9.17) is 37.4 Å². The van der Waals surface area contributed by atoms with Crippen LogP contribution >= 0.6 is 23.2 Å². The third-order valence-corrected chi connectivity index (χ3v) is 3.99. The van der Waals surface area contributed by atoms with Crippen LogP contribution in [0.25, 0.3) is 0 Å². The number of hydrogen-bond acceptors (Lipinski definition) is 5. The monoisotopic (exact) mass is 397 g/mol. The number of nitrogens with one attached hydrogen (secondary N) is 1. The Kier molecular flexibility index (Phi) is 6.71. The van der Waals surface area contributed by atoms with E-state index in [1.807, 2.05) is 0 Å². The van der Waals surface area contributed by atoms with Crippen molar-refractivity contribution in [2.45, 2.75) is 13.0 Å². The molecule has 2 rings (SSSR count). The highest BCUT2D eigenvalue weighted by Crippen LogP contribution is 2.29. The first-order chi connectivity index (χ1) is 12.3. The number of carbonyl (C=O) groups excluding carboxylic acids is 2. The molecule has 0 bridgehead atoms. The number of amides is 1. The number of hydrogen-bond donors (Lipinski definition) is 1. The van der Waals surface area contributed by atoms with E-state index in [1.54, 1.807) is 31.2 Å². The Balaban J connectivity index is 2.17. The fourth-order valence-corrected chi connectivity index (χ4v) is 2.54. The van der Waals surface area contributed by atoms with Crippen molar-refractivity contribution in [1.82, 2.24) is 0 Å². The van der Waals surface area contributed by atoms with Crippen LogP contribution in [0.1, 0.15) is 17.3 Å². The summed E-state index contributed by atoms with van der Waals surface area (Å²) in [5.74, 6) is -0.290. The molecular weight excluding hydrogens is 381 g/mol. The molecule has 1 N–H and O–H groups in total. The van der Waals surface area contributed by atoms with Gasteiger partial charge in [-0.3, -0.25) is 4.79 Å². The molecule has 138 valence electrons. The van der Waals surface area contributed by atoms with Crippen molar-refractivity contribution in [3.8, 4) is 11.5 Å².